The Morgan fingerprint density at radius 2 is 1.94 bits per heavy atom. The molecule has 0 aromatic heterocycles. The minimum absolute atomic E-state index is 0.0303. The lowest BCUT2D eigenvalue weighted by Crippen LogP contribution is -2.39. The van der Waals surface area contributed by atoms with E-state index in [0.29, 0.717) is 13.0 Å². The van der Waals surface area contributed by atoms with Crippen molar-refractivity contribution in [3.05, 3.63) is 0 Å². The van der Waals surface area contributed by atoms with Gasteiger partial charge in [-0.3, -0.25) is 4.79 Å². The molecule has 0 bridgehead atoms. The van der Waals surface area contributed by atoms with Gasteiger partial charge in [-0.15, -0.1) is 0 Å². The van der Waals surface area contributed by atoms with E-state index in [0.717, 1.165) is 19.6 Å². The molecular formula is C12H22N2O3S. The minimum atomic E-state index is -2.96. The average Bonchev–Trinajstić information content (AvgIpc) is 2.71. The number of hydrogen-bond acceptors (Lipinski definition) is 4. The maximum absolute atomic E-state index is 11.8. The molecule has 104 valence electrons. The molecule has 1 N–H and O–H groups in total. The number of likely N-dealkylation sites (tertiary alicyclic amines) is 1. The molecule has 2 heterocycles. The lowest BCUT2D eigenvalue weighted by molar-refractivity contribution is -0.124. The zero-order chi connectivity index (χ0) is 13.0. The van der Waals surface area contributed by atoms with Crippen LogP contribution in [0.1, 0.15) is 25.7 Å². The smallest absolute Gasteiger partial charge is 0.224 e. The Hall–Kier alpha value is -0.620. The summed E-state index contributed by atoms with van der Waals surface area (Å²) in [6, 6.07) is 0. The molecule has 1 amide bonds. The third-order valence-corrected chi connectivity index (χ3v) is 5.55. The Morgan fingerprint density at radius 3 is 2.56 bits per heavy atom. The van der Waals surface area contributed by atoms with E-state index in [-0.39, 0.29) is 23.3 Å². The zero-order valence-electron chi connectivity index (χ0n) is 10.7. The summed E-state index contributed by atoms with van der Waals surface area (Å²) in [5, 5.41) is 2.86. The van der Waals surface area contributed by atoms with Crippen LogP contribution in [0.3, 0.4) is 0 Å². The van der Waals surface area contributed by atoms with E-state index >= 15 is 0 Å². The first-order chi connectivity index (χ1) is 8.57. The fourth-order valence-corrected chi connectivity index (χ4v) is 4.41. The molecule has 5 nitrogen and oxygen atoms in total. The van der Waals surface area contributed by atoms with Crippen LogP contribution in [0.15, 0.2) is 0 Å². The maximum atomic E-state index is 11.8. The third-order valence-electron chi connectivity index (χ3n) is 3.78. The minimum Gasteiger partial charge on any atom is -0.355 e. The van der Waals surface area contributed by atoms with E-state index in [1.54, 1.807) is 0 Å². The van der Waals surface area contributed by atoms with E-state index in [4.69, 9.17) is 0 Å². The van der Waals surface area contributed by atoms with Crippen molar-refractivity contribution in [2.75, 3.05) is 37.7 Å². The van der Waals surface area contributed by atoms with Crippen molar-refractivity contribution < 1.29 is 13.2 Å². The van der Waals surface area contributed by atoms with Gasteiger partial charge in [0.05, 0.1) is 17.4 Å². The normalized spacial score (nSPS) is 28.1. The Kier molecular flexibility index (Phi) is 4.61. The molecule has 2 rings (SSSR count). The number of amides is 1. The molecule has 1 unspecified atom stereocenters. The molecule has 0 aliphatic carbocycles. The number of nitrogens with zero attached hydrogens (tertiary/aromatic N) is 1. The van der Waals surface area contributed by atoms with Crippen LogP contribution in [0, 0.1) is 5.92 Å². The Bertz CT molecular complexity index is 388. The first-order valence-corrected chi connectivity index (χ1v) is 8.59. The third kappa shape index (κ3) is 3.95. The summed E-state index contributed by atoms with van der Waals surface area (Å²) in [6.45, 7) is 3.75. The van der Waals surface area contributed by atoms with Gasteiger partial charge < -0.3 is 10.2 Å². The molecule has 2 saturated heterocycles. The van der Waals surface area contributed by atoms with Gasteiger partial charge >= 0.3 is 0 Å². The summed E-state index contributed by atoms with van der Waals surface area (Å²) in [5.41, 5.74) is 0. The maximum Gasteiger partial charge on any atom is 0.224 e. The van der Waals surface area contributed by atoms with Crippen LogP contribution in [0.25, 0.3) is 0 Å². The SMILES string of the molecule is O=C(NCCN1CCCCC1)C1CCS(=O)(=O)C1. The number of hydrogen-bond donors (Lipinski definition) is 1. The molecule has 2 aliphatic rings. The molecule has 1 atom stereocenters. The summed E-state index contributed by atoms with van der Waals surface area (Å²) in [4.78, 5) is 14.1. The van der Waals surface area contributed by atoms with Gasteiger partial charge in [0, 0.05) is 13.1 Å². The van der Waals surface area contributed by atoms with Crippen molar-refractivity contribution in [2.24, 2.45) is 5.92 Å². The van der Waals surface area contributed by atoms with Crippen LogP contribution >= 0.6 is 0 Å². The summed E-state index contributed by atoms with van der Waals surface area (Å²) < 4.78 is 22.6. The van der Waals surface area contributed by atoms with Crippen molar-refractivity contribution in [1.82, 2.24) is 10.2 Å². The quantitative estimate of drug-likeness (QED) is 0.785. The standard InChI is InChI=1S/C12H22N2O3S/c15-12(11-4-9-18(16,17)10-11)13-5-8-14-6-2-1-3-7-14/h11H,1-10H2,(H,13,15). The van der Waals surface area contributed by atoms with Crippen LogP contribution in [0.4, 0.5) is 0 Å². The summed E-state index contributed by atoms with van der Waals surface area (Å²) in [5.74, 6) is -0.218. The van der Waals surface area contributed by atoms with Gasteiger partial charge in [0.1, 0.15) is 0 Å². The highest BCUT2D eigenvalue weighted by Gasteiger charge is 2.32. The monoisotopic (exact) mass is 274 g/mol. The van der Waals surface area contributed by atoms with E-state index < -0.39 is 9.84 Å². The lowest BCUT2D eigenvalue weighted by atomic mass is 10.1. The summed E-state index contributed by atoms with van der Waals surface area (Å²) in [6.07, 6.45) is 4.28. The number of nitrogens with one attached hydrogen (secondary N) is 1. The van der Waals surface area contributed by atoms with Crippen LogP contribution < -0.4 is 5.32 Å². The number of rotatable bonds is 4. The van der Waals surface area contributed by atoms with E-state index in [1.807, 2.05) is 0 Å². The molecule has 2 aliphatic heterocycles. The van der Waals surface area contributed by atoms with E-state index in [2.05, 4.69) is 10.2 Å². The highest BCUT2D eigenvalue weighted by Crippen LogP contribution is 2.18. The number of piperidine rings is 1. The fraction of sp³-hybridized carbons (Fsp3) is 0.917. The summed E-state index contributed by atoms with van der Waals surface area (Å²) in [7, 11) is -2.96. The molecule has 18 heavy (non-hydrogen) atoms. The highest BCUT2D eigenvalue weighted by molar-refractivity contribution is 7.91. The second-order valence-corrected chi connectivity index (χ2v) is 7.52. The van der Waals surface area contributed by atoms with Gasteiger partial charge in [0.15, 0.2) is 9.84 Å². The lowest BCUT2D eigenvalue weighted by Gasteiger charge is -2.26. The summed E-state index contributed by atoms with van der Waals surface area (Å²) >= 11 is 0. The van der Waals surface area contributed by atoms with Crippen LogP contribution in [0.5, 0.6) is 0 Å². The van der Waals surface area contributed by atoms with E-state index in [1.165, 1.54) is 19.3 Å². The number of carbonyl (C=O) groups excluding carboxylic acids is 1. The van der Waals surface area contributed by atoms with Gasteiger partial charge in [0.25, 0.3) is 0 Å². The molecule has 0 aromatic rings. The largest absolute Gasteiger partial charge is 0.355 e. The van der Waals surface area contributed by atoms with Gasteiger partial charge in [-0.2, -0.15) is 0 Å². The molecule has 0 saturated carbocycles. The van der Waals surface area contributed by atoms with Gasteiger partial charge in [-0.05, 0) is 32.4 Å². The molecule has 0 spiro atoms. The fourth-order valence-electron chi connectivity index (χ4n) is 2.67. The van der Waals surface area contributed by atoms with Gasteiger partial charge in [-0.1, -0.05) is 6.42 Å². The first kappa shape index (κ1) is 13.8. The molecule has 0 aromatic carbocycles. The number of carbonyl (C=O) groups is 1. The van der Waals surface area contributed by atoms with Crippen molar-refractivity contribution in [2.45, 2.75) is 25.7 Å². The second kappa shape index (κ2) is 6.02. The predicted octanol–water partition coefficient (Wildman–Crippen LogP) is 0.0232. The van der Waals surface area contributed by atoms with Crippen LogP contribution in [-0.4, -0.2) is 56.9 Å². The van der Waals surface area contributed by atoms with Crippen molar-refractivity contribution in [1.29, 1.82) is 0 Å². The predicted molar refractivity (Wildman–Crippen MR) is 70.1 cm³/mol. The van der Waals surface area contributed by atoms with Crippen molar-refractivity contribution in [3.8, 4) is 0 Å². The highest BCUT2D eigenvalue weighted by atomic mass is 32.2. The molecule has 0 radical (unpaired) electrons. The first-order valence-electron chi connectivity index (χ1n) is 6.77. The van der Waals surface area contributed by atoms with Crippen molar-refractivity contribution >= 4 is 15.7 Å². The molecule has 2 fully saturated rings. The van der Waals surface area contributed by atoms with E-state index in [9.17, 15) is 13.2 Å². The van der Waals surface area contributed by atoms with Crippen LogP contribution in [0.2, 0.25) is 0 Å². The second-order valence-electron chi connectivity index (χ2n) is 5.29. The average molecular weight is 274 g/mol. The van der Waals surface area contributed by atoms with Crippen molar-refractivity contribution in [3.63, 3.8) is 0 Å². The topological polar surface area (TPSA) is 66.5 Å². The Balaban J connectivity index is 1.66. The van der Waals surface area contributed by atoms with Gasteiger partial charge in [0.2, 0.25) is 5.91 Å². The Morgan fingerprint density at radius 1 is 1.22 bits per heavy atom. The Labute approximate surface area is 109 Å². The molecule has 6 heteroatoms. The van der Waals surface area contributed by atoms with Crippen LogP contribution in [-0.2, 0) is 14.6 Å². The molecular weight excluding hydrogens is 252 g/mol. The number of sulfone groups is 1. The van der Waals surface area contributed by atoms with Gasteiger partial charge in [-0.25, -0.2) is 8.42 Å². The zero-order valence-corrected chi connectivity index (χ0v) is 11.5.